The van der Waals surface area contributed by atoms with Gasteiger partial charge in [0.05, 0.1) is 10.6 Å². The van der Waals surface area contributed by atoms with Crippen molar-refractivity contribution in [2.45, 2.75) is 0 Å². The number of phenols is 2. The number of halogens is 2. The number of nitrogens with one attached hydrogen (secondary N) is 1. The van der Waals surface area contributed by atoms with Gasteiger partial charge in [0, 0.05) is 11.8 Å². The van der Waals surface area contributed by atoms with Gasteiger partial charge in [0.25, 0.3) is 0 Å². The highest BCUT2D eigenvalue weighted by molar-refractivity contribution is 7.18. The third kappa shape index (κ3) is 2.95. The lowest BCUT2D eigenvalue weighted by Gasteiger charge is -2.03. The van der Waals surface area contributed by atoms with E-state index < -0.39 is 0 Å². The topological polar surface area (TPSA) is 78.3 Å². The molecule has 0 aliphatic rings. The van der Waals surface area contributed by atoms with Crippen LogP contribution in [0, 0.1) is 5.82 Å². The molecule has 0 saturated heterocycles. The van der Waals surface area contributed by atoms with E-state index in [1.54, 1.807) is 12.1 Å². The fourth-order valence-electron chi connectivity index (χ4n) is 1.76. The number of aromatic nitrogens is 2. The number of phenolic OH excluding ortho intramolecular Hbond substituents is 2. The van der Waals surface area contributed by atoms with E-state index in [0.29, 0.717) is 21.4 Å². The van der Waals surface area contributed by atoms with Gasteiger partial charge in [0.2, 0.25) is 5.13 Å². The van der Waals surface area contributed by atoms with Crippen LogP contribution in [0.5, 0.6) is 11.5 Å². The molecule has 0 saturated carbocycles. The van der Waals surface area contributed by atoms with Crippen LogP contribution in [0.3, 0.4) is 0 Å². The average molecular weight is 338 g/mol. The Morgan fingerprint density at radius 2 is 1.77 bits per heavy atom. The fraction of sp³-hybridized carbons (Fsp3) is 0. The molecule has 112 valence electrons. The number of anilines is 2. The molecule has 0 radical (unpaired) electrons. The first-order valence-electron chi connectivity index (χ1n) is 6.11. The summed E-state index contributed by atoms with van der Waals surface area (Å²) in [5.74, 6) is -0.685. The Balaban J connectivity index is 1.87. The maximum Gasteiger partial charge on any atom is 0.210 e. The van der Waals surface area contributed by atoms with E-state index in [0.717, 1.165) is 6.07 Å². The molecule has 0 atom stereocenters. The molecule has 1 heterocycles. The van der Waals surface area contributed by atoms with E-state index in [1.165, 1.54) is 29.5 Å². The molecule has 0 aliphatic heterocycles. The Kier molecular flexibility index (Phi) is 3.82. The summed E-state index contributed by atoms with van der Waals surface area (Å²) in [6.45, 7) is 0. The van der Waals surface area contributed by atoms with Crippen LogP contribution in [0.4, 0.5) is 15.2 Å². The molecule has 3 aromatic rings. The molecule has 1 aromatic heterocycles. The van der Waals surface area contributed by atoms with Gasteiger partial charge in [-0.05, 0) is 30.3 Å². The Morgan fingerprint density at radius 3 is 2.50 bits per heavy atom. The van der Waals surface area contributed by atoms with Crippen molar-refractivity contribution in [1.82, 2.24) is 10.2 Å². The summed E-state index contributed by atoms with van der Waals surface area (Å²) in [4.78, 5) is 0. The predicted octanol–water partition coefficient (Wildman–Crippen LogP) is 4.15. The quantitative estimate of drug-likeness (QED) is 0.669. The Hall–Kier alpha value is -2.38. The summed E-state index contributed by atoms with van der Waals surface area (Å²) in [6.07, 6.45) is 0. The predicted molar refractivity (Wildman–Crippen MR) is 83.4 cm³/mol. The van der Waals surface area contributed by atoms with Crippen molar-refractivity contribution in [3.63, 3.8) is 0 Å². The molecule has 0 spiro atoms. The van der Waals surface area contributed by atoms with Crippen molar-refractivity contribution in [3.05, 3.63) is 47.2 Å². The van der Waals surface area contributed by atoms with Crippen molar-refractivity contribution < 1.29 is 14.6 Å². The summed E-state index contributed by atoms with van der Waals surface area (Å²) in [5.41, 5.74) is 1.03. The summed E-state index contributed by atoms with van der Waals surface area (Å²) in [6, 6.07) is 8.36. The van der Waals surface area contributed by atoms with E-state index in [9.17, 15) is 14.6 Å². The van der Waals surface area contributed by atoms with Gasteiger partial charge in [-0.2, -0.15) is 0 Å². The summed E-state index contributed by atoms with van der Waals surface area (Å²) < 4.78 is 12.9. The third-order valence-electron chi connectivity index (χ3n) is 2.82. The van der Waals surface area contributed by atoms with Gasteiger partial charge in [-0.3, -0.25) is 0 Å². The van der Waals surface area contributed by atoms with E-state index in [4.69, 9.17) is 11.6 Å². The molecule has 0 unspecified atom stereocenters. The van der Waals surface area contributed by atoms with Crippen LogP contribution in [0.2, 0.25) is 5.02 Å². The fourth-order valence-corrected chi connectivity index (χ4v) is 2.71. The summed E-state index contributed by atoms with van der Waals surface area (Å²) in [7, 11) is 0. The van der Waals surface area contributed by atoms with Gasteiger partial charge in [0.15, 0.2) is 5.01 Å². The molecule has 0 bridgehead atoms. The molecule has 22 heavy (non-hydrogen) atoms. The standard InChI is InChI=1S/C14H9ClFN3O2S/c15-10-5-9(11(20)6-12(10)21)13-18-19-14(22-13)17-8-3-1-7(16)2-4-8/h1-6,20-21H,(H,17,19). The van der Waals surface area contributed by atoms with Crippen molar-refractivity contribution >= 4 is 33.8 Å². The molecule has 0 aliphatic carbocycles. The highest BCUT2D eigenvalue weighted by Gasteiger charge is 2.14. The molecule has 0 amide bonds. The van der Waals surface area contributed by atoms with E-state index in [-0.39, 0.29) is 22.3 Å². The van der Waals surface area contributed by atoms with Crippen molar-refractivity contribution in [3.8, 4) is 22.1 Å². The molecule has 2 aromatic carbocycles. The van der Waals surface area contributed by atoms with E-state index in [2.05, 4.69) is 15.5 Å². The van der Waals surface area contributed by atoms with Gasteiger partial charge in [0.1, 0.15) is 17.3 Å². The normalized spacial score (nSPS) is 10.6. The smallest absolute Gasteiger partial charge is 0.210 e. The second-order valence-electron chi connectivity index (χ2n) is 4.37. The minimum Gasteiger partial charge on any atom is -0.507 e. The Labute approximate surface area is 133 Å². The van der Waals surface area contributed by atoms with E-state index in [1.807, 2.05) is 0 Å². The number of aromatic hydroxyl groups is 2. The Morgan fingerprint density at radius 1 is 1.05 bits per heavy atom. The zero-order chi connectivity index (χ0) is 15.7. The lowest BCUT2D eigenvalue weighted by atomic mass is 10.2. The Bertz CT molecular complexity index is 823. The van der Waals surface area contributed by atoms with Crippen LogP contribution >= 0.6 is 22.9 Å². The van der Waals surface area contributed by atoms with Gasteiger partial charge in [-0.15, -0.1) is 10.2 Å². The van der Waals surface area contributed by atoms with Gasteiger partial charge in [-0.25, -0.2) is 4.39 Å². The van der Waals surface area contributed by atoms with Crippen LogP contribution in [-0.2, 0) is 0 Å². The number of rotatable bonds is 3. The molecule has 0 fully saturated rings. The highest BCUT2D eigenvalue weighted by Crippen LogP contribution is 2.39. The number of hydrogen-bond donors (Lipinski definition) is 3. The average Bonchev–Trinajstić information content (AvgIpc) is 2.93. The van der Waals surface area contributed by atoms with Crippen LogP contribution < -0.4 is 5.32 Å². The van der Waals surface area contributed by atoms with Crippen molar-refractivity contribution in [2.24, 2.45) is 0 Å². The molecule has 8 heteroatoms. The number of benzene rings is 2. The minimum absolute atomic E-state index is 0.107. The monoisotopic (exact) mass is 337 g/mol. The molecular weight excluding hydrogens is 329 g/mol. The number of hydrogen-bond acceptors (Lipinski definition) is 6. The summed E-state index contributed by atoms with van der Waals surface area (Å²) >= 11 is 7.02. The first-order valence-corrected chi connectivity index (χ1v) is 7.30. The molecule has 3 rings (SSSR count). The minimum atomic E-state index is -0.327. The van der Waals surface area contributed by atoms with Crippen LogP contribution in [0.1, 0.15) is 0 Å². The third-order valence-corrected chi connectivity index (χ3v) is 3.99. The van der Waals surface area contributed by atoms with Gasteiger partial charge >= 0.3 is 0 Å². The first-order chi connectivity index (χ1) is 10.5. The van der Waals surface area contributed by atoms with Gasteiger partial charge in [-0.1, -0.05) is 22.9 Å². The lowest BCUT2D eigenvalue weighted by molar-refractivity contribution is 0.452. The van der Waals surface area contributed by atoms with Crippen LogP contribution in [-0.4, -0.2) is 20.4 Å². The van der Waals surface area contributed by atoms with Crippen LogP contribution in [0.15, 0.2) is 36.4 Å². The molecule has 5 nitrogen and oxygen atoms in total. The van der Waals surface area contributed by atoms with Crippen LogP contribution in [0.25, 0.3) is 10.6 Å². The summed E-state index contributed by atoms with van der Waals surface area (Å²) in [5, 5.41) is 31.2. The zero-order valence-electron chi connectivity index (χ0n) is 10.9. The maximum absolute atomic E-state index is 12.9. The SMILES string of the molecule is Oc1cc(O)c(-c2nnc(Nc3ccc(F)cc3)s2)cc1Cl. The highest BCUT2D eigenvalue weighted by atomic mass is 35.5. The zero-order valence-corrected chi connectivity index (χ0v) is 12.5. The second kappa shape index (κ2) is 5.78. The second-order valence-corrected chi connectivity index (χ2v) is 5.75. The lowest BCUT2D eigenvalue weighted by Crippen LogP contribution is -1.89. The van der Waals surface area contributed by atoms with E-state index >= 15 is 0 Å². The molecular formula is C14H9ClFN3O2S. The number of nitrogens with zero attached hydrogens (tertiary/aromatic N) is 2. The first kappa shape index (κ1) is 14.6. The van der Waals surface area contributed by atoms with Gasteiger partial charge < -0.3 is 15.5 Å². The van der Waals surface area contributed by atoms with Crippen molar-refractivity contribution in [1.29, 1.82) is 0 Å². The maximum atomic E-state index is 12.9. The largest absolute Gasteiger partial charge is 0.507 e. The molecule has 3 N–H and O–H groups in total. The van der Waals surface area contributed by atoms with Crippen molar-refractivity contribution in [2.75, 3.05) is 5.32 Å².